The average Bonchev–Trinajstić information content (AvgIpc) is 2.89. The van der Waals surface area contributed by atoms with Crippen molar-refractivity contribution in [3.63, 3.8) is 0 Å². The third-order valence-corrected chi connectivity index (χ3v) is 3.20. The number of hydrogen-bond donors (Lipinski definition) is 0. The Labute approximate surface area is 109 Å². The second-order valence-corrected chi connectivity index (χ2v) is 4.64. The zero-order valence-corrected chi connectivity index (χ0v) is 11.5. The summed E-state index contributed by atoms with van der Waals surface area (Å²) in [7, 11) is 3.38. The normalized spacial score (nSPS) is 19.6. The Morgan fingerprint density at radius 3 is 2.67 bits per heavy atom. The van der Waals surface area contributed by atoms with Crippen LogP contribution in [0.25, 0.3) is 0 Å². The highest BCUT2D eigenvalue weighted by molar-refractivity contribution is 5.83. The van der Waals surface area contributed by atoms with Crippen molar-refractivity contribution < 1.29 is 19.0 Å². The van der Waals surface area contributed by atoms with Gasteiger partial charge in [0.05, 0.1) is 19.8 Å². The first-order valence-electron chi connectivity index (χ1n) is 6.58. The minimum absolute atomic E-state index is 0.0949. The van der Waals surface area contributed by atoms with E-state index >= 15 is 0 Å². The van der Waals surface area contributed by atoms with Crippen molar-refractivity contribution in [2.24, 2.45) is 5.92 Å². The van der Waals surface area contributed by atoms with Crippen LogP contribution in [0.5, 0.6) is 0 Å². The van der Waals surface area contributed by atoms with Gasteiger partial charge in [-0.25, -0.2) is 0 Å². The summed E-state index contributed by atoms with van der Waals surface area (Å²) in [5.41, 5.74) is 0. The molecule has 1 unspecified atom stereocenters. The van der Waals surface area contributed by atoms with Gasteiger partial charge in [0, 0.05) is 46.4 Å². The number of methoxy groups -OCH3 is 2. The molecule has 0 aromatic rings. The van der Waals surface area contributed by atoms with Crippen molar-refractivity contribution in [3.05, 3.63) is 0 Å². The van der Waals surface area contributed by atoms with Crippen LogP contribution in [0.1, 0.15) is 12.8 Å². The zero-order valence-electron chi connectivity index (χ0n) is 11.5. The fourth-order valence-electron chi connectivity index (χ4n) is 2.06. The predicted octanol–water partition coefficient (Wildman–Crippen LogP) is 0.577. The maximum Gasteiger partial charge on any atom is 0.152 e. The van der Waals surface area contributed by atoms with Crippen LogP contribution in [0.2, 0.25) is 0 Å². The Bertz CT molecular complexity index is 229. The molecule has 106 valence electrons. The first-order valence-corrected chi connectivity index (χ1v) is 6.58. The molecule has 5 nitrogen and oxygen atoms in total. The number of ketones is 1. The molecular weight excluding hydrogens is 234 g/mol. The standard InChI is InChI=1S/C13H25NO4/c1-16-7-3-5-14(6-9-17-2)10-13(15)12-4-8-18-11-12/h12H,3-11H2,1-2H3. The first kappa shape index (κ1) is 15.6. The van der Waals surface area contributed by atoms with Crippen molar-refractivity contribution in [2.75, 3.05) is 60.3 Å². The maximum atomic E-state index is 12.1. The van der Waals surface area contributed by atoms with Gasteiger partial charge in [0.2, 0.25) is 0 Å². The van der Waals surface area contributed by atoms with Crippen LogP contribution in [0.15, 0.2) is 0 Å². The summed E-state index contributed by atoms with van der Waals surface area (Å²) >= 11 is 0. The molecule has 18 heavy (non-hydrogen) atoms. The Morgan fingerprint density at radius 2 is 2.06 bits per heavy atom. The molecule has 1 atom stereocenters. The van der Waals surface area contributed by atoms with Crippen molar-refractivity contribution in [2.45, 2.75) is 12.8 Å². The number of nitrogens with zero attached hydrogens (tertiary/aromatic N) is 1. The lowest BCUT2D eigenvalue weighted by molar-refractivity contribution is -0.124. The quantitative estimate of drug-likeness (QED) is 0.537. The van der Waals surface area contributed by atoms with E-state index in [0.29, 0.717) is 25.5 Å². The highest BCUT2D eigenvalue weighted by Crippen LogP contribution is 2.14. The monoisotopic (exact) mass is 259 g/mol. The largest absolute Gasteiger partial charge is 0.385 e. The molecule has 0 aliphatic carbocycles. The molecule has 0 radical (unpaired) electrons. The summed E-state index contributed by atoms with van der Waals surface area (Å²) in [6, 6.07) is 0. The van der Waals surface area contributed by atoms with Crippen LogP contribution < -0.4 is 0 Å². The molecule has 0 spiro atoms. The Morgan fingerprint density at radius 1 is 1.28 bits per heavy atom. The summed E-state index contributed by atoms with van der Waals surface area (Å²) in [6.07, 6.45) is 1.81. The van der Waals surface area contributed by atoms with Gasteiger partial charge in [-0.3, -0.25) is 9.69 Å². The van der Waals surface area contributed by atoms with E-state index in [1.165, 1.54) is 0 Å². The molecule has 0 aromatic heterocycles. The predicted molar refractivity (Wildman–Crippen MR) is 68.7 cm³/mol. The molecule has 0 saturated carbocycles. The van der Waals surface area contributed by atoms with E-state index < -0.39 is 0 Å². The zero-order chi connectivity index (χ0) is 13.2. The van der Waals surface area contributed by atoms with E-state index in [4.69, 9.17) is 14.2 Å². The van der Waals surface area contributed by atoms with Crippen LogP contribution >= 0.6 is 0 Å². The fourth-order valence-corrected chi connectivity index (χ4v) is 2.06. The van der Waals surface area contributed by atoms with Crippen LogP contribution in [0, 0.1) is 5.92 Å². The number of carbonyl (C=O) groups excluding carboxylic acids is 1. The number of ether oxygens (including phenoxy) is 3. The van der Waals surface area contributed by atoms with E-state index in [2.05, 4.69) is 4.90 Å². The van der Waals surface area contributed by atoms with Crippen LogP contribution in [-0.4, -0.2) is 71.0 Å². The van der Waals surface area contributed by atoms with E-state index in [0.717, 1.165) is 39.1 Å². The lowest BCUT2D eigenvalue weighted by Crippen LogP contribution is -2.36. The van der Waals surface area contributed by atoms with E-state index in [1.807, 2.05) is 0 Å². The molecule has 1 saturated heterocycles. The van der Waals surface area contributed by atoms with Gasteiger partial charge in [0.25, 0.3) is 0 Å². The number of rotatable bonds is 10. The Kier molecular flexibility index (Phi) is 8.17. The SMILES string of the molecule is COCCCN(CCOC)CC(=O)C1CCOC1. The first-order chi connectivity index (χ1) is 8.77. The van der Waals surface area contributed by atoms with Gasteiger partial charge in [-0.1, -0.05) is 0 Å². The molecule has 1 heterocycles. The van der Waals surface area contributed by atoms with Gasteiger partial charge in [0.15, 0.2) is 5.78 Å². The molecule has 5 heteroatoms. The van der Waals surface area contributed by atoms with Crippen LogP contribution in [0.4, 0.5) is 0 Å². The molecule has 0 aromatic carbocycles. The number of Topliss-reactive ketones (excluding diaryl/α,β-unsaturated/α-hetero) is 1. The average molecular weight is 259 g/mol. The van der Waals surface area contributed by atoms with Crippen molar-refractivity contribution >= 4 is 5.78 Å². The number of carbonyl (C=O) groups is 1. The van der Waals surface area contributed by atoms with Crippen molar-refractivity contribution in [1.82, 2.24) is 4.90 Å². The summed E-state index contributed by atoms with van der Waals surface area (Å²) in [5.74, 6) is 0.387. The highest BCUT2D eigenvalue weighted by atomic mass is 16.5. The third kappa shape index (κ3) is 5.91. The van der Waals surface area contributed by atoms with E-state index in [-0.39, 0.29) is 5.92 Å². The fraction of sp³-hybridized carbons (Fsp3) is 0.923. The van der Waals surface area contributed by atoms with Gasteiger partial charge in [0.1, 0.15) is 0 Å². The molecule has 0 N–H and O–H groups in total. The summed E-state index contributed by atoms with van der Waals surface area (Å²) in [6.45, 7) is 4.86. The molecule has 1 rings (SSSR count). The van der Waals surface area contributed by atoms with E-state index in [9.17, 15) is 4.79 Å². The van der Waals surface area contributed by atoms with Gasteiger partial charge in [-0.2, -0.15) is 0 Å². The van der Waals surface area contributed by atoms with Crippen LogP contribution in [-0.2, 0) is 19.0 Å². The Hall–Kier alpha value is -0.490. The lowest BCUT2D eigenvalue weighted by Gasteiger charge is -2.22. The minimum Gasteiger partial charge on any atom is -0.385 e. The van der Waals surface area contributed by atoms with Crippen molar-refractivity contribution in [1.29, 1.82) is 0 Å². The Balaban J connectivity index is 2.30. The van der Waals surface area contributed by atoms with Gasteiger partial charge >= 0.3 is 0 Å². The molecular formula is C13H25NO4. The number of hydrogen-bond acceptors (Lipinski definition) is 5. The summed E-state index contributed by atoms with van der Waals surface area (Å²) < 4.78 is 15.4. The third-order valence-electron chi connectivity index (χ3n) is 3.20. The van der Waals surface area contributed by atoms with Gasteiger partial charge in [-0.05, 0) is 12.8 Å². The summed E-state index contributed by atoms with van der Waals surface area (Å²) in [4.78, 5) is 14.2. The van der Waals surface area contributed by atoms with Crippen LogP contribution in [0.3, 0.4) is 0 Å². The maximum absolute atomic E-state index is 12.1. The summed E-state index contributed by atoms with van der Waals surface area (Å²) in [5, 5.41) is 0. The van der Waals surface area contributed by atoms with Gasteiger partial charge < -0.3 is 14.2 Å². The lowest BCUT2D eigenvalue weighted by atomic mass is 10.0. The van der Waals surface area contributed by atoms with Gasteiger partial charge in [-0.15, -0.1) is 0 Å². The second-order valence-electron chi connectivity index (χ2n) is 4.64. The smallest absolute Gasteiger partial charge is 0.152 e. The highest BCUT2D eigenvalue weighted by Gasteiger charge is 2.24. The van der Waals surface area contributed by atoms with Crippen molar-refractivity contribution in [3.8, 4) is 0 Å². The topological polar surface area (TPSA) is 48.0 Å². The molecule has 1 aliphatic rings. The molecule has 0 bridgehead atoms. The minimum atomic E-state index is 0.0949. The molecule has 1 fully saturated rings. The molecule has 0 amide bonds. The second kappa shape index (κ2) is 9.44. The van der Waals surface area contributed by atoms with E-state index in [1.54, 1.807) is 14.2 Å². The molecule has 1 aliphatic heterocycles.